The fourth-order valence-electron chi connectivity index (χ4n) is 1.57. The molecule has 1 N–H and O–H groups in total. The molecule has 1 heterocycles. The maximum Gasteiger partial charge on any atom is 0.0705 e. The normalized spacial score (nSPS) is 22.1. The van der Waals surface area contributed by atoms with Crippen LogP contribution in [0.1, 0.15) is 39.5 Å². The first-order valence-electron chi connectivity index (χ1n) is 5.75. The number of rotatable bonds is 7. The quantitative estimate of drug-likeness (QED) is 0.505. The summed E-state index contributed by atoms with van der Waals surface area (Å²) in [6.07, 6.45) is 5.30. The maximum absolute atomic E-state index is 5.53. The van der Waals surface area contributed by atoms with E-state index in [9.17, 15) is 0 Å². The van der Waals surface area contributed by atoms with E-state index < -0.39 is 0 Å². The number of hydrogen-bond donors (Lipinski definition) is 1. The minimum Gasteiger partial charge on any atom is -0.378 e. The molecule has 1 unspecified atom stereocenters. The molecule has 0 aliphatic carbocycles. The third kappa shape index (κ3) is 5.58. The highest BCUT2D eigenvalue weighted by Gasteiger charge is 2.14. The highest BCUT2D eigenvalue weighted by molar-refractivity contribution is 4.64. The van der Waals surface area contributed by atoms with Crippen LogP contribution in [0.5, 0.6) is 0 Å². The van der Waals surface area contributed by atoms with Crippen LogP contribution in [-0.4, -0.2) is 25.9 Å². The van der Waals surface area contributed by atoms with Gasteiger partial charge in [-0.2, -0.15) is 0 Å². The van der Waals surface area contributed by atoms with E-state index in [1.165, 1.54) is 12.8 Å². The summed E-state index contributed by atoms with van der Waals surface area (Å²) in [5.74, 6) is 0.598. The standard InChI is InChI=1S/C11H23NO2/c1-10(2)9-14-12-7-3-5-11-6-4-8-13-11/h10-12H,3-9H2,1-2H3. The van der Waals surface area contributed by atoms with Crippen LogP contribution in [-0.2, 0) is 9.57 Å². The van der Waals surface area contributed by atoms with Gasteiger partial charge in [-0.1, -0.05) is 13.8 Å². The van der Waals surface area contributed by atoms with Crippen molar-refractivity contribution in [3.05, 3.63) is 0 Å². The Morgan fingerprint density at radius 1 is 1.50 bits per heavy atom. The lowest BCUT2D eigenvalue weighted by molar-refractivity contribution is 0.0203. The molecule has 0 radical (unpaired) electrons. The van der Waals surface area contributed by atoms with E-state index in [2.05, 4.69) is 19.3 Å². The van der Waals surface area contributed by atoms with Gasteiger partial charge in [0.15, 0.2) is 0 Å². The monoisotopic (exact) mass is 201 g/mol. The van der Waals surface area contributed by atoms with Crippen LogP contribution in [0, 0.1) is 5.92 Å². The fourth-order valence-corrected chi connectivity index (χ4v) is 1.57. The van der Waals surface area contributed by atoms with Crippen molar-refractivity contribution in [3.63, 3.8) is 0 Å². The molecule has 0 aromatic carbocycles. The van der Waals surface area contributed by atoms with Crippen molar-refractivity contribution >= 4 is 0 Å². The van der Waals surface area contributed by atoms with Crippen molar-refractivity contribution in [2.75, 3.05) is 19.8 Å². The summed E-state index contributed by atoms with van der Waals surface area (Å²) in [7, 11) is 0. The number of nitrogens with one attached hydrogen (secondary N) is 1. The van der Waals surface area contributed by atoms with Gasteiger partial charge >= 0.3 is 0 Å². The van der Waals surface area contributed by atoms with Gasteiger partial charge < -0.3 is 9.57 Å². The summed E-state index contributed by atoms with van der Waals surface area (Å²) >= 11 is 0. The van der Waals surface area contributed by atoms with Crippen molar-refractivity contribution in [3.8, 4) is 0 Å². The minimum absolute atomic E-state index is 0.516. The molecule has 0 amide bonds. The predicted octanol–water partition coefficient (Wildman–Crippen LogP) is 2.12. The lowest BCUT2D eigenvalue weighted by atomic mass is 10.1. The lowest BCUT2D eigenvalue weighted by Gasteiger charge is -2.10. The largest absolute Gasteiger partial charge is 0.378 e. The Labute approximate surface area is 87.1 Å². The van der Waals surface area contributed by atoms with Crippen molar-refractivity contribution in [1.29, 1.82) is 0 Å². The highest BCUT2D eigenvalue weighted by Crippen LogP contribution is 2.16. The highest BCUT2D eigenvalue weighted by atomic mass is 16.6. The fraction of sp³-hybridized carbons (Fsp3) is 1.00. The topological polar surface area (TPSA) is 30.5 Å². The number of ether oxygens (including phenoxy) is 1. The Kier molecular flexibility index (Phi) is 6.15. The van der Waals surface area contributed by atoms with Crippen molar-refractivity contribution in [2.24, 2.45) is 5.92 Å². The molecule has 0 aromatic rings. The first-order valence-corrected chi connectivity index (χ1v) is 5.75. The Hall–Kier alpha value is -0.120. The summed E-state index contributed by atoms with van der Waals surface area (Å²) in [6, 6.07) is 0. The van der Waals surface area contributed by atoms with Gasteiger partial charge in [0.25, 0.3) is 0 Å². The lowest BCUT2D eigenvalue weighted by Crippen LogP contribution is -2.20. The van der Waals surface area contributed by atoms with E-state index in [1.807, 2.05) is 0 Å². The van der Waals surface area contributed by atoms with Gasteiger partial charge in [0, 0.05) is 13.2 Å². The zero-order chi connectivity index (χ0) is 10.2. The predicted molar refractivity (Wildman–Crippen MR) is 57.0 cm³/mol. The van der Waals surface area contributed by atoms with Crippen LogP contribution in [0.3, 0.4) is 0 Å². The van der Waals surface area contributed by atoms with E-state index in [1.54, 1.807) is 0 Å². The van der Waals surface area contributed by atoms with E-state index in [0.29, 0.717) is 12.0 Å². The van der Waals surface area contributed by atoms with E-state index in [0.717, 1.165) is 32.6 Å². The van der Waals surface area contributed by atoms with E-state index in [-0.39, 0.29) is 0 Å². The number of hydroxylamine groups is 1. The average Bonchev–Trinajstić information content (AvgIpc) is 2.63. The van der Waals surface area contributed by atoms with Crippen LogP contribution in [0.2, 0.25) is 0 Å². The van der Waals surface area contributed by atoms with Gasteiger partial charge in [0.2, 0.25) is 0 Å². The minimum atomic E-state index is 0.516. The van der Waals surface area contributed by atoms with E-state index >= 15 is 0 Å². The third-order valence-corrected chi connectivity index (χ3v) is 2.35. The van der Waals surface area contributed by atoms with E-state index in [4.69, 9.17) is 9.57 Å². The number of hydrogen-bond acceptors (Lipinski definition) is 3. The first-order chi connectivity index (χ1) is 6.79. The molecule has 1 fully saturated rings. The summed E-state index contributed by atoms with van der Waals surface area (Å²) in [5, 5.41) is 0. The molecule has 1 saturated heterocycles. The zero-order valence-corrected chi connectivity index (χ0v) is 9.42. The molecule has 1 atom stereocenters. The molecule has 0 spiro atoms. The molecule has 3 heteroatoms. The SMILES string of the molecule is CC(C)CONCCCC1CCCO1. The average molecular weight is 201 g/mol. The van der Waals surface area contributed by atoms with Crippen LogP contribution in [0.4, 0.5) is 0 Å². The molecular formula is C11H23NO2. The molecule has 0 aromatic heterocycles. The van der Waals surface area contributed by atoms with Crippen LogP contribution < -0.4 is 5.48 Å². The van der Waals surface area contributed by atoms with Crippen LogP contribution in [0.15, 0.2) is 0 Å². The Morgan fingerprint density at radius 2 is 2.36 bits per heavy atom. The van der Waals surface area contributed by atoms with Crippen LogP contribution in [0.25, 0.3) is 0 Å². The van der Waals surface area contributed by atoms with Gasteiger partial charge in [-0.15, -0.1) is 0 Å². The Bertz CT molecular complexity index is 133. The molecule has 3 nitrogen and oxygen atoms in total. The summed E-state index contributed by atoms with van der Waals surface area (Å²) in [4.78, 5) is 5.27. The maximum atomic E-state index is 5.53. The zero-order valence-electron chi connectivity index (χ0n) is 9.42. The Balaban J connectivity index is 1.79. The Morgan fingerprint density at radius 3 is 3.00 bits per heavy atom. The molecule has 1 aliphatic rings. The second-order valence-electron chi connectivity index (χ2n) is 4.38. The molecule has 1 rings (SSSR count). The molecule has 14 heavy (non-hydrogen) atoms. The van der Waals surface area contributed by atoms with Gasteiger partial charge in [0.05, 0.1) is 12.7 Å². The smallest absolute Gasteiger partial charge is 0.0705 e. The first kappa shape index (κ1) is 12.0. The molecular weight excluding hydrogens is 178 g/mol. The van der Waals surface area contributed by atoms with Gasteiger partial charge in [-0.05, 0) is 31.6 Å². The summed E-state index contributed by atoms with van der Waals surface area (Å²) in [5.41, 5.74) is 2.99. The molecule has 1 aliphatic heterocycles. The van der Waals surface area contributed by atoms with Crippen LogP contribution >= 0.6 is 0 Å². The molecule has 0 saturated carbocycles. The molecule has 84 valence electrons. The van der Waals surface area contributed by atoms with Gasteiger partial charge in [-0.25, -0.2) is 5.48 Å². The van der Waals surface area contributed by atoms with Crippen molar-refractivity contribution in [2.45, 2.75) is 45.6 Å². The van der Waals surface area contributed by atoms with Gasteiger partial charge in [0.1, 0.15) is 0 Å². The summed E-state index contributed by atoms with van der Waals surface area (Å²) in [6.45, 7) is 6.98. The van der Waals surface area contributed by atoms with Crippen molar-refractivity contribution < 1.29 is 9.57 Å². The second-order valence-corrected chi connectivity index (χ2v) is 4.38. The third-order valence-electron chi connectivity index (χ3n) is 2.35. The summed E-state index contributed by atoms with van der Waals surface area (Å²) < 4.78 is 5.53. The van der Waals surface area contributed by atoms with Crippen molar-refractivity contribution in [1.82, 2.24) is 5.48 Å². The second kappa shape index (κ2) is 7.21. The molecule has 0 bridgehead atoms. The van der Waals surface area contributed by atoms with Gasteiger partial charge in [-0.3, -0.25) is 0 Å².